The van der Waals surface area contributed by atoms with Gasteiger partial charge in [-0.2, -0.15) is 4.98 Å². The minimum Gasteiger partial charge on any atom is -0.481 e. The number of halogens is 1. The molecule has 3 heterocycles. The third-order valence-corrected chi connectivity index (χ3v) is 2.54. The second kappa shape index (κ2) is 3.78. The standard InChI is InChI=1S/C11H8ClN3O2/c1-16-9-5-2-6-10(14-9)15-11(13-6)7-3-4-8(12)17-7/h2-5H,1H3,(H,13,14,15). The molecule has 0 bridgehead atoms. The molecule has 0 aromatic carbocycles. The lowest BCUT2D eigenvalue weighted by atomic mass is 10.4. The molecule has 0 saturated heterocycles. The molecule has 0 atom stereocenters. The first kappa shape index (κ1) is 10.2. The molecule has 0 amide bonds. The lowest BCUT2D eigenvalue weighted by Gasteiger charge is -1.95. The van der Waals surface area contributed by atoms with Crippen LogP contribution in [0.3, 0.4) is 0 Å². The summed E-state index contributed by atoms with van der Waals surface area (Å²) in [5.74, 6) is 1.69. The number of furan rings is 1. The highest BCUT2D eigenvalue weighted by atomic mass is 35.5. The fourth-order valence-corrected chi connectivity index (χ4v) is 1.69. The molecular formula is C11H8ClN3O2. The molecule has 0 spiro atoms. The van der Waals surface area contributed by atoms with Gasteiger partial charge in [0, 0.05) is 6.07 Å². The lowest BCUT2D eigenvalue weighted by Crippen LogP contribution is -1.86. The van der Waals surface area contributed by atoms with E-state index in [0.717, 1.165) is 5.52 Å². The Morgan fingerprint density at radius 2 is 2.12 bits per heavy atom. The number of H-pyrrole nitrogens is 1. The lowest BCUT2D eigenvalue weighted by molar-refractivity contribution is 0.399. The Bertz CT molecular complexity index is 674. The predicted octanol–water partition coefficient (Wildman–Crippen LogP) is 2.88. The second-order valence-electron chi connectivity index (χ2n) is 3.41. The average Bonchev–Trinajstić information content (AvgIpc) is 2.93. The van der Waals surface area contributed by atoms with Crippen LogP contribution < -0.4 is 4.74 Å². The number of aromatic amines is 1. The third kappa shape index (κ3) is 1.74. The van der Waals surface area contributed by atoms with E-state index in [1.165, 1.54) is 0 Å². The maximum absolute atomic E-state index is 5.71. The van der Waals surface area contributed by atoms with Crippen molar-refractivity contribution in [2.24, 2.45) is 0 Å². The van der Waals surface area contributed by atoms with Gasteiger partial charge in [-0.1, -0.05) is 0 Å². The summed E-state index contributed by atoms with van der Waals surface area (Å²) in [6.07, 6.45) is 0. The van der Waals surface area contributed by atoms with Crippen LogP contribution in [0.5, 0.6) is 5.88 Å². The SMILES string of the molecule is COc1ccc2[nH]c(-c3ccc(Cl)o3)nc2n1. The van der Waals surface area contributed by atoms with Crippen molar-refractivity contribution in [3.63, 3.8) is 0 Å². The quantitative estimate of drug-likeness (QED) is 0.758. The summed E-state index contributed by atoms with van der Waals surface area (Å²) in [4.78, 5) is 11.6. The molecule has 3 aromatic rings. The number of aromatic nitrogens is 3. The van der Waals surface area contributed by atoms with E-state index >= 15 is 0 Å². The largest absolute Gasteiger partial charge is 0.481 e. The number of fused-ring (bicyclic) bond motifs is 1. The molecule has 6 heteroatoms. The van der Waals surface area contributed by atoms with Gasteiger partial charge >= 0.3 is 0 Å². The summed E-state index contributed by atoms with van der Waals surface area (Å²) < 4.78 is 10.3. The number of hydrogen-bond acceptors (Lipinski definition) is 4. The van der Waals surface area contributed by atoms with Gasteiger partial charge in [0.15, 0.2) is 22.5 Å². The van der Waals surface area contributed by atoms with E-state index < -0.39 is 0 Å². The Morgan fingerprint density at radius 3 is 2.82 bits per heavy atom. The Kier molecular flexibility index (Phi) is 2.26. The van der Waals surface area contributed by atoms with Crippen LogP contribution in [0.4, 0.5) is 0 Å². The Labute approximate surface area is 101 Å². The zero-order valence-electron chi connectivity index (χ0n) is 8.90. The van der Waals surface area contributed by atoms with Crippen LogP contribution >= 0.6 is 11.6 Å². The van der Waals surface area contributed by atoms with Gasteiger partial charge < -0.3 is 14.1 Å². The van der Waals surface area contributed by atoms with Crippen LogP contribution in [0, 0.1) is 0 Å². The number of nitrogens with one attached hydrogen (secondary N) is 1. The van der Waals surface area contributed by atoms with Gasteiger partial charge in [0.1, 0.15) is 0 Å². The highest BCUT2D eigenvalue weighted by Crippen LogP contribution is 2.24. The minimum atomic E-state index is 0.325. The van der Waals surface area contributed by atoms with Crippen LogP contribution in [0.25, 0.3) is 22.7 Å². The van der Waals surface area contributed by atoms with Gasteiger partial charge in [0.05, 0.1) is 12.6 Å². The number of hydrogen-bond donors (Lipinski definition) is 1. The van der Waals surface area contributed by atoms with E-state index in [1.54, 1.807) is 25.3 Å². The fourth-order valence-electron chi connectivity index (χ4n) is 1.55. The number of pyridine rings is 1. The zero-order valence-corrected chi connectivity index (χ0v) is 9.65. The molecular weight excluding hydrogens is 242 g/mol. The third-order valence-electron chi connectivity index (χ3n) is 2.34. The summed E-state index contributed by atoms with van der Waals surface area (Å²) in [5, 5.41) is 0.325. The summed E-state index contributed by atoms with van der Waals surface area (Å²) in [5.41, 5.74) is 1.39. The average molecular weight is 250 g/mol. The Hall–Kier alpha value is -2.01. The number of rotatable bonds is 2. The Morgan fingerprint density at radius 1 is 1.24 bits per heavy atom. The molecule has 3 aromatic heterocycles. The monoisotopic (exact) mass is 249 g/mol. The molecule has 0 aliphatic carbocycles. The van der Waals surface area contributed by atoms with E-state index in [1.807, 2.05) is 6.07 Å². The minimum absolute atomic E-state index is 0.325. The van der Waals surface area contributed by atoms with Crippen LogP contribution in [0.15, 0.2) is 28.7 Å². The molecule has 86 valence electrons. The second-order valence-corrected chi connectivity index (χ2v) is 3.79. The van der Waals surface area contributed by atoms with Gasteiger partial charge in [-0.3, -0.25) is 0 Å². The first-order valence-corrected chi connectivity index (χ1v) is 5.30. The van der Waals surface area contributed by atoms with Crippen LogP contribution in [-0.2, 0) is 0 Å². The fraction of sp³-hybridized carbons (Fsp3) is 0.0909. The first-order chi connectivity index (χ1) is 8.26. The van der Waals surface area contributed by atoms with Crippen molar-refractivity contribution in [3.8, 4) is 17.5 Å². The van der Waals surface area contributed by atoms with Crippen LogP contribution in [0.2, 0.25) is 5.22 Å². The van der Waals surface area contributed by atoms with Gasteiger partial charge in [-0.25, -0.2) is 4.98 Å². The molecule has 0 radical (unpaired) electrons. The molecule has 0 unspecified atom stereocenters. The molecule has 3 rings (SSSR count). The number of imidazole rings is 1. The molecule has 0 fully saturated rings. The summed E-state index contributed by atoms with van der Waals surface area (Å²) in [6.45, 7) is 0. The number of ether oxygens (including phenoxy) is 1. The van der Waals surface area contributed by atoms with E-state index in [4.69, 9.17) is 20.8 Å². The summed E-state index contributed by atoms with van der Waals surface area (Å²) >= 11 is 5.71. The Balaban J connectivity index is 2.13. The summed E-state index contributed by atoms with van der Waals surface area (Å²) in [6, 6.07) is 7.02. The predicted molar refractivity (Wildman–Crippen MR) is 63.2 cm³/mol. The van der Waals surface area contributed by atoms with Crippen molar-refractivity contribution in [1.29, 1.82) is 0 Å². The van der Waals surface area contributed by atoms with E-state index in [9.17, 15) is 0 Å². The van der Waals surface area contributed by atoms with E-state index in [0.29, 0.717) is 28.3 Å². The van der Waals surface area contributed by atoms with Crippen molar-refractivity contribution in [2.45, 2.75) is 0 Å². The van der Waals surface area contributed by atoms with Crippen molar-refractivity contribution in [3.05, 3.63) is 29.5 Å². The molecule has 17 heavy (non-hydrogen) atoms. The number of nitrogens with zero attached hydrogens (tertiary/aromatic N) is 2. The van der Waals surface area contributed by atoms with Crippen LogP contribution in [-0.4, -0.2) is 22.1 Å². The maximum Gasteiger partial charge on any atom is 0.215 e. The normalized spacial score (nSPS) is 10.9. The van der Waals surface area contributed by atoms with E-state index in [-0.39, 0.29) is 0 Å². The van der Waals surface area contributed by atoms with Crippen molar-refractivity contribution in [1.82, 2.24) is 15.0 Å². The molecule has 0 saturated carbocycles. The molecule has 0 aliphatic heterocycles. The summed E-state index contributed by atoms with van der Waals surface area (Å²) in [7, 11) is 1.56. The highest BCUT2D eigenvalue weighted by molar-refractivity contribution is 6.28. The van der Waals surface area contributed by atoms with Gasteiger partial charge in [-0.05, 0) is 29.8 Å². The molecule has 0 aliphatic rings. The van der Waals surface area contributed by atoms with Crippen molar-refractivity contribution in [2.75, 3.05) is 7.11 Å². The molecule has 1 N–H and O–H groups in total. The van der Waals surface area contributed by atoms with Crippen molar-refractivity contribution >= 4 is 22.8 Å². The van der Waals surface area contributed by atoms with E-state index in [2.05, 4.69) is 15.0 Å². The van der Waals surface area contributed by atoms with Gasteiger partial charge in [0.2, 0.25) is 5.88 Å². The highest BCUT2D eigenvalue weighted by Gasteiger charge is 2.10. The topological polar surface area (TPSA) is 63.9 Å². The van der Waals surface area contributed by atoms with Crippen molar-refractivity contribution < 1.29 is 9.15 Å². The zero-order chi connectivity index (χ0) is 11.8. The van der Waals surface area contributed by atoms with Gasteiger partial charge in [-0.15, -0.1) is 0 Å². The number of methoxy groups -OCH3 is 1. The smallest absolute Gasteiger partial charge is 0.215 e. The van der Waals surface area contributed by atoms with Crippen LogP contribution in [0.1, 0.15) is 0 Å². The maximum atomic E-state index is 5.71. The first-order valence-electron chi connectivity index (χ1n) is 4.93. The van der Waals surface area contributed by atoms with Gasteiger partial charge in [0.25, 0.3) is 0 Å². The molecule has 5 nitrogen and oxygen atoms in total.